The van der Waals surface area contributed by atoms with Crippen molar-refractivity contribution in [1.29, 1.82) is 0 Å². The number of nitrogens with zero attached hydrogens (tertiary/aromatic N) is 1. The molecule has 5 amide bonds. The number of aryl methyl sites for hydroxylation is 1. The quantitative estimate of drug-likeness (QED) is 0.661. The molecule has 1 fully saturated rings. The van der Waals surface area contributed by atoms with Crippen molar-refractivity contribution in [2.24, 2.45) is 0 Å². The van der Waals surface area contributed by atoms with Gasteiger partial charge in [-0.3, -0.25) is 19.7 Å². The topological polar surface area (TPSA) is 108 Å². The van der Waals surface area contributed by atoms with Gasteiger partial charge in [0, 0.05) is 24.2 Å². The Bertz CT molecular complexity index is 1080. The van der Waals surface area contributed by atoms with E-state index in [1.807, 2.05) is 38.1 Å². The molecule has 0 aliphatic carbocycles. The summed E-state index contributed by atoms with van der Waals surface area (Å²) < 4.78 is 0. The fourth-order valence-electron chi connectivity index (χ4n) is 4.17. The van der Waals surface area contributed by atoms with E-state index in [4.69, 9.17) is 0 Å². The maximum atomic E-state index is 12.8. The number of rotatable bonds is 4. The molecule has 2 heterocycles. The van der Waals surface area contributed by atoms with E-state index in [0.717, 1.165) is 16.7 Å². The average molecular weight is 420 g/mol. The highest BCUT2D eigenvalue weighted by Gasteiger charge is 2.39. The van der Waals surface area contributed by atoms with Gasteiger partial charge in [0.25, 0.3) is 5.91 Å². The molecule has 3 N–H and O–H groups in total. The summed E-state index contributed by atoms with van der Waals surface area (Å²) in [5, 5.41) is 8.02. The van der Waals surface area contributed by atoms with E-state index in [0.29, 0.717) is 17.7 Å². The van der Waals surface area contributed by atoms with Gasteiger partial charge in [0.2, 0.25) is 11.8 Å². The Morgan fingerprint density at radius 1 is 1.16 bits per heavy atom. The third-order valence-electron chi connectivity index (χ3n) is 5.78. The van der Waals surface area contributed by atoms with Crippen molar-refractivity contribution < 1.29 is 19.2 Å². The summed E-state index contributed by atoms with van der Waals surface area (Å²) in [5.74, 6) is -1.00. The highest BCUT2D eigenvalue weighted by atomic mass is 16.2. The summed E-state index contributed by atoms with van der Waals surface area (Å²) in [5.41, 5.74) is 3.94. The van der Waals surface area contributed by atoms with Crippen molar-refractivity contribution >= 4 is 29.4 Å². The molecule has 0 saturated carbocycles. The summed E-state index contributed by atoms with van der Waals surface area (Å²) in [7, 11) is 0. The summed E-state index contributed by atoms with van der Waals surface area (Å²) in [6.07, 6.45) is 0.525. The van der Waals surface area contributed by atoms with Crippen molar-refractivity contribution in [3.8, 4) is 0 Å². The average Bonchev–Trinajstić information content (AvgIpc) is 3.04. The van der Waals surface area contributed by atoms with Crippen molar-refractivity contribution in [1.82, 2.24) is 15.5 Å². The van der Waals surface area contributed by atoms with Crippen LogP contribution in [0.4, 0.5) is 10.5 Å². The molecule has 0 bridgehead atoms. The minimum atomic E-state index is -0.660. The predicted molar refractivity (Wildman–Crippen MR) is 114 cm³/mol. The van der Waals surface area contributed by atoms with E-state index in [1.165, 1.54) is 4.90 Å². The molecule has 0 aromatic heterocycles. The van der Waals surface area contributed by atoms with Gasteiger partial charge in [-0.1, -0.05) is 24.3 Å². The largest absolute Gasteiger partial charge is 0.331 e. The SMILES string of the molecule is Cc1ccccc1C(C)NC(=O)Nc1ccc2c(c1)CN(C1CCC(=O)NC1=O)C2=O. The van der Waals surface area contributed by atoms with Crippen LogP contribution in [0, 0.1) is 6.92 Å². The van der Waals surface area contributed by atoms with Crippen LogP contribution < -0.4 is 16.0 Å². The lowest BCUT2D eigenvalue weighted by atomic mass is 10.0. The molecule has 2 aliphatic heterocycles. The molecule has 160 valence electrons. The number of amides is 5. The number of urea groups is 1. The van der Waals surface area contributed by atoms with Crippen LogP contribution in [0.5, 0.6) is 0 Å². The lowest BCUT2D eigenvalue weighted by Gasteiger charge is -2.29. The van der Waals surface area contributed by atoms with Gasteiger partial charge >= 0.3 is 6.03 Å². The molecular weight excluding hydrogens is 396 g/mol. The lowest BCUT2D eigenvalue weighted by molar-refractivity contribution is -0.136. The Balaban J connectivity index is 1.42. The molecule has 2 aliphatic rings. The highest BCUT2D eigenvalue weighted by Crippen LogP contribution is 2.29. The smallest absolute Gasteiger partial charge is 0.319 e. The van der Waals surface area contributed by atoms with Gasteiger partial charge in [-0.05, 0) is 55.2 Å². The first kappa shape index (κ1) is 20.6. The van der Waals surface area contributed by atoms with Crippen LogP contribution in [0.1, 0.15) is 52.9 Å². The van der Waals surface area contributed by atoms with Gasteiger partial charge in [-0.2, -0.15) is 0 Å². The van der Waals surface area contributed by atoms with Gasteiger partial charge in [0.1, 0.15) is 6.04 Å². The molecule has 2 aromatic rings. The number of anilines is 1. The number of hydrogen-bond acceptors (Lipinski definition) is 4. The van der Waals surface area contributed by atoms with E-state index in [-0.39, 0.29) is 36.9 Å². The van der Waals surface area contributed by atoms with Gasteiger partial charge in [0.15, 0.2) is 0 Å². The second kappa shape index (κ2) is 8.22. The van der Waals surface area contributed by atoms with Gasteiger partial charge in [0.05, 0.1) is 6.04 Å². The molecule has 2 atom stereocenters. The van der Waals surface area contributed by atoms with Crippen LogP contribution in [0.2, 0.25) is 0 Å². The third kappa shape index (κ3) is 4.14. The Labute approximate surface area is 180 Å². The Hall–Kier alpha value is -3.68. The molecule has 8 nitrogen and oxygen atoms in total. The van der Waals surface area contributed by atoms with E-state index < -0.39 is 11.9 Å². The van der Waals surface area contributed by atoms with Crippen LogP contribution in [0.25, 0.3) is 0 Å². The first-order valence-electron chi connectivity index (χ1n) is 10.2. The summed E-state index contributed by atoms with van der Waals surface area (Å²) in [6.45, 7) is 4.18. The zero-order chi connectivity index (χ0) is 22.1. The van der Waals surface area contributed by atoms with E-state index in [9.17, 15) is 19.2 Å². The van der Waals surface area contributed by atoms with E-state index in [1.54, 1.807) is 18.2 Å². The summed E-state index contributed by atoms with van der Waals surface area (Å²) in [4.78, 5) is 50.2. The second-order valence-corrected chi connectivity index (χ2v) is 7.95. The molecule has 2 unspecified atom stereocenters. The van der Waals surface area contributed by atoms with Gasteiger partial charge in [-0.15, -0.1) is 0 Å². The van der Waals surface area contributed by atoms with Gasteiger partial charge in [-0.25, -0.2) is 4.79 Å². The molecule has 8 heteroatoms. The number of nitrogens with one attached hydrogen (secondary N) is 3. The maximum absolute atomic E-state index is 12.8. The van der Waals surface area contributed by atoms with Crippen LogP contribution in [-0.2, 0) is 16.1 Å². The van der Waals surface area contributed by atoms with E-state index in [2.05, 4.69) is 16.0 Å². The van der Waals surface area contributed by atoms with Crippen molar-refractivity contribution in [2.75, 3.05) is 5.32 Å². The number of fused-ring (bicyclic) bond motifs is 1. The minimum Gasteiger partial charge on any atom is -0.331 e. The number of benzene rings is 2. The zero-order valence-corrected chi connectivity index (χ0v) is 17.4. The first-order valence-corrected chi connectivity index (χ1v) is 10.2. The molecular formula is C23H24N4O4. The number of hydrogen-bond donors (Lipinski definition) is 3. The van der Waals surface area contributed by atoms with Crippen LogP contribution in [0.3, 0.4) is 0 Å². The van der Waals surface area contributed by atoms with Crippen molar-refractivity contribution in [3.05, 3.63) is 64.7 Å². The van der Waals surface area contributed by atoms with Crippen LogP contribution >= 0.6 is 0 Å². The third-order valence-corrected chi connectivity index (χ3v) is 5.78. The predicted octanol–water partition coefficient (Wildman–Crippen LogP) is 2.64. The first-order chi connectivity index (χ1) is 14.8. The molecule has 4 rings (SSSR count). The summed E-state index contributed by atoms with van der Waals surface area (Å²) >= 11 is 0. The normalized spacial score (nSPS) is 19.0. The summed E-state index contributed by atoms with van der Waals surface area (Å²) in [6, 6.07) is 11.8. The van der Waals surface area contributed by atoms with Crippen molar-refractivity contribution in [2.45, 2.75) is 45.3 Å². The molecule has 0 spiro atoms. The maximum Gasteiger partial charge on any atom is 0.319 e. The zero-order valence-electron chi connectivity index (χ0n) is 17.4. The fourth-order valence-corrected chi connectivity index (χ4v) is 4.17. The molecule has 31 heavy (non-hydrogen) atoms. The molecule has 1 saturated heterocycles. The number of piperidine rings is 1. The Kier molecular flexibility index (Phi) is 5.46. The van der Waals surface area contributed by atoms with Crippen molar-refractivity contribution in [3.63, 3.8) is 0 Å². The van der Waals surface area contributed by atoms with Gasteiger partial charge < -0.3 is 15.5 Å². The van der Waals surface area contributed by atoms with Crippen LogP contribution in [-0.4, -0.2) is 34.7 Å². The lowest BCUT2D eigenvalue weighted by Crippen LogP contribution is -2.52. The highest BCUT2D eigenvalue weighted by molar-refractivity contribution is 6.05. The molecule has 2 aromatic carbocycles. The van der Waals surface area contributed by atoms with Crippen LogP contribution in [0.15, 0.2) is 42.5 Å². The minimum absolute atomic E-state index is 0.166. The standard InChI is InChI=1S/C23H24N4O4/c1-13-5-3-4-6-17(13)14(2)24-23(31)25-16-7-8-18-15(11-16)12-27(22(18)30)19-9-10-20(28)26-21(19)29/h3-8,11,14,19H,9-10,12H2,1-2H3,(H2,24,25,31)(H,26,28,29). The number of imide groups is 1. The van der Waals surface area contributed by atoms with E-state index >= 15 is 0 Å². The second-order valence-electron chi connectivity index (χ2n) is 7.95. The fraction of sp³-hybridized carbons (Fsp3) is 0.304. The number of carbonyl (C=O) groups is 4. The monoisotopic (exact) mass is 420 g/mol. The molecule has 0 radical (unpaired) electrons. The Morgan fingerprint density at radius 2 is 1.94 bits per heavy atom. The number of carbonyl (C=O) groups excluding carboxylic acids is 4. The Morgan fingerprint density at radius 3 is 2.68 bits per heavy atom.